The molecule has 34 heteroatoms. The van der Waals surface area contributed by atoms with E-state index in [-0.39, 0.29) is 43.2 Å². The fraction of sp³-hybridized carbons (Fsp3) is 0.949. The van der Waals surface area contributed by atoms with Crippen LogP contribution in [0, 0.1) is 0 Å². The first kappa shape index (κ1) is 109. The predicted molar refractivity (Wildman–Crippen MR) is 413 cm³/mol. The van der Waals surface area contributed by atoms with Gasteiger partial charge in [0.1, 0.15) is 6.61 Å². The summed E-state index contributed by atoms with van der Waals surface area (Å²) in [7, 11) is 1.68. The highest BCUT2D eigenvalue weighted by Gasteiger charge is 2.14. The van der Waals surface area contributed by atoms with Gasteiger partial charge in [0.05, 0.1) is 289 Å². The van der Waals surface area contributed by atoms with Crippen molar-refractivity contribution in [2.75, 3.05) is 377 Å². The van der Waals surface area contributed by atoms with Crippen LogP contribution < -0.4 is 0 Å². The molecule has 0 aliphatic rings. The first-order valence-electron chi connectivity index (χ1n) is 40.6. The van der Waals surface area contributed by atoms with Crippen LogP contribution in [0.1, 0.15) is 85.5 Å². The molecule has 0 bridgehead atoms. The molecule has 0 aliphatic heterocycles. The van der Waals surface area contributed by atoms with Crippen molar-refractivity contribution in [3.63, 3.8) is 0 Å². The minimum absolute atomic E-state index is 0.000707. The van der Waals surface area contributed by atoms with Crippen LogP contribution in [0.3, 0.4) is 0 Å². The predicted octanol–water partition coefficient (Wildman–Crippen LogP) is 5.36. The number of carboxylic acids is 1. The maximum absolute atomic E-state index is 11.5. The highest BCUT2D eigenvalue weighted by Crippen LogP contribution is 2.05. The molecule has 112 heavy (non-hydrogen) atoms. The van der Waals surface area contributed by atoms with Crippen LogP contribution in [0.15, 0.2) is 12.2 Å². The largest absolute Gasteiger partial charge is 0.481 e. The van der Waals surface area contributed by atoms with Crippen molar-refractivity contribution in [2.45, 2.75) is 110 Å². The second-order valence-corrected chi connectivity index (χ2v) is 25.0. The summed E-state index contributed by atoms with van der Waals surface area (Å²) in [5.74, 6) is -1.89. The van der Waals surface area contributed by atoms with Gasteiger partial charge in [0.25, 0.3) is 0 Å². The average Bonchev–Trinajstić information content (AvgIpc) is 0.977. The quantitative estimate of drug-likeness (QED) is 0.0455. The third-order valence-electron chi connectivity index (χ3n) is 14.7. The van der Waals surface area contributed by atoms with Gasteiger partial charge in [-0.1, -0.05) is 6.58 Å². The van der Waals surface area contributed by atoms with Crippen LogP contribution in [0.25, 0.3) is 0 Å². The molecule has 0 amide bonds. The fourth-order valence-electron chi connectivity index (χ4n) is 8.57. The Morgan fingerprint density at radius 3 is 0.562 bits per heavy atom. The van der Waals surface area contributed by atoms with Crippen LogP contribution in [-0.2, 0) is 156 Å². The summed E-state index contributed by atoms with van der Waals surface area (Å²) in [6.45, 7) is 40.1. The standard InChI is InChI=1S/C78H152O34/c1-72(67-77(79)80)78(81)109-66-65-107-64-63-106-62-61-105-60-59-104-58-57-103-56-55-102-54-53-101-52-51-100-50-49-99-48-47-98-46-45-97-44-43-96-42-41-95-40-39-94-38-37-93-36-35-92-34-33-91-32-31-90-29-13-27-88-25-11-23-86-21-9-19-84-17-7-15-83-16-8-18-85-20-10-22-87-24-12-26-89-28-14-30-108-68-74(3)111-70-76(5)112-71-75(4)110-69-73(2)82-6/h73-76H,1,7-71H2,2-6H3,(H,79,80). The Kier molecular flexibility index (Phi) is 93.5. The lowest BCUT2D eigenvalue weighted by Gasteiger charge is -2.21. The number of rotatable bonds is 101. The lowest BCUT2D eigenvalue weighted by atomic mass is 10.2. The molecule has 0 spiro atoms. The number of carboxylic acid groups (broad SMARTS) is 1. The van der Waals surface area contributed by atoms with E-state index in [1.165, 1.54) is 0 Å². The Morgan fingerprint density at radius 2 is 0.375 bits per heavy atom. The zero-order valence-corrected chi connectivity index (χ0v) is 69.4. The monoisotopic (exact) mass is 1630 g/mol. The summed E-state index contributed by atoms with van der Waals surface area (Å²) >= 11 is 0. The molecule has 0 aromatic carbocycles. The van der Waals surface area contributed by atoms with Crippen molar-refractivity contribution in [1.82, 2.24) is 0 Å². The first-order chi connectivity index (χ1) is 55.1. The Balaban J connectivity index is 3.15. The molecule has 0 heterocycles. The molecule has 0 radical (unpaired) electrons. The highest BCUT2D eigenvalue weighted by molar-refractivity contribution is 5.92. The number of aliphatic carboxylic acids is 1. The second-order valence-electron chi connectivity index (χ2n) is 25.0. The van der Waals surface area contributed by atoms with Crippen molar-refractivity contribution >= 4 is 11.9 Å². The van der Waals surface area contributed by atoms with Gasteiger partial charge in [-0.15, -0.1) is 0 Å². The minimum Gasteiger partial charge on any atom is -0.481 e. The molecular weight excluding hydrogens is 1480 g/mol. The summed E-state index contributed by atoms with van der Waals surface area (Å²) in [6.07, 6.45) is 6.44. The van der Waals surface area contributed by atoms with Crippen LogP contribution in [0.2, 0.25) is 0 Å². The van der Waals surface area contributed by atoms with Gasteiger partial charge in [-0.3, -0.25) is 4.79 Å². The van der Waals surface area contributed by atoms with E-state index >= 15 is 0 Å². The average molecular weight is 1630 g/mol. The molecule has 0 aliphatic carbocycles. The summed E-state index contributed by atoms with van der Waals surface area (Å²) in [5.41, 5.74) is -0.116. The normalized spacial score (nSPS) is 12.9. The van der Waals surface area contributed by atoms with Crippen molar-refractivity contribution in [1.29, 1.82) is 0 Å². The molecular formula is C78H152O34. The van der Waals surface area contributed by atoms with E-state index in [4.69, 9.17) is 152 Å². The van der Waals surface area contributed by atoms with E-state index < -0.39 is 18.4 Å². The van der Waals surface area contributed by atoms with Gasteiger partial charge in [0.15, 0.2) is 0 Å². The SMILES string of the molecule is C=C(CC(=O)O)C(=O)OCCOCCOCCOCCOCCOCCOCCOCCOCCOCCOCCOCCOCCOCCOCCOCCOCCOCCOCCCOCCCOCCCOCCCOCCCOCCCOCCCOCCCOCC(C)OCC(C)OCC(C)OCC(C)OC. The van der Waals surface area contributed by atoms with Gasteiger partial charge in [0, 0.05) is 118 Å². The van der Waals surface area contributed by atoms with Crippen molar-refractivity contribution in [3.05, 3.63) is 12.2 Å². The highest BCUT2D eigenvalue weighted by atomic mass is 16.6. The lowest BCUT2D eigenvalue weighted by molar-refractivity contribution is -0.144. The number of ether oxygens (including phenoxy) is 31. The van der Waals surface area contributed by atoms with Gasteiger partial charge in [-0.2, -0.15) is 0 Å². The van der Waals surface area contributed by atoms with Gasteiger partial charge in [-0.05, 0) is 79.1 Å². The van der Waals surface area contributed by atoms with Gasteiger partial charge in [-0.25, -0.2) is 4.79 Å². The molecule has 0 saturated heterocycles. The first-order valence-corrected chi connectivity index (χ1v) is 40.6. The third kappa shape index (κ3) is 94.6. The Bertz CT molecular complexity index is 1850. The van der Waals surface area contributed by atoms with Gasteiger partial charge in [0.2, 0.25) is 0 Å². The molecule has 0 rings (SSSR count). The van der Waals surface area contributed by atoms with Crippen LogP contribution in [-0.4, -0.2) is 419 Å². The summed E-state index contributed by atoms with van der Waals surface area (Å²) in [4.78, 5) is 22.1. The van der Waals surface area contributed by atoms with E-state index in [1.54, 1.807) is 7.11 Å². The Labute approximate surface area is 670 Å². The summed E-state index contributed by atoms with van der Waals surface area (Å²) < 4.78 is 172. The molecule has 34 nitrogen and oxygen atoms in total. The number of carbonyl (C=O) groups is 2. The molecule has 4 unspecified atom stereocenters. The zero-order valence-electron chi connectivity index (χ0n) is 69.4. The Morgan fingerprint density at radius 1 is 0.223 bits per heavy atom. The maximum atomic E-state index is 11.5. The van der Waals surface area contributed by atoms with Gasteiger partial charge >= 0.3 is 11.9 Å². The smallest absolute Gasteiger partial charge is 0.334 e. The van der Waals surface area contributed by atoms with Crippen LogP contribution in [0.5, 0.6) is 0 Å². The zero-order chi connectivity index (χ0) is 80.9. The molecule has 0 saturated carbocycles. The lowest BCUT2D eigenvalue weighted by Crippen LogP contribution is -2.28. The second kappa shape index (κ2) is 95.6. The molecule has 0 aromatic rings. The number of methoxy groups -OCH3 is 1. The number of hydrogen-bond acceptors (Lipinski definition) is 33. The van der Waals surface area contributed by atoms with E-state index in [9.17, 15) is 9.59 Å². The summed E-state index contributed by atoms with van der Waals surface area (Å²) in [5, 5.41) is 8.65. The van der Waals surface area contributed by atoms with E-state index in [1.807, 2.05) is 27.7 Å². The van der Waals surface area contributed by atoms with Crippen LogP contribution >= 0.6 is 0 Å². The fourth-order valence-corrected chi connectivity index (χ4v) is 8.57. The van der Waals surface area contributed by atoms with Crippen LogP contribution in [0.4, 0.5) is 0 Å². The molecule has 668 valence electrons. The van der Waals surface area contributed by atoms with E-state index in [0.29, 0.717) is 357 Å². The molecule has 0 fully saturated rings. The molecule has 4 atom stereocenters. The van der Waals surface area contributed by atoms with Gasteiger partial charge < -0.3 is 152 Å². The molecule has 0 aromatic heterocycles. The number of esters is 1. The van der Waals surface area contributed by atoms with Crippen molar-refractivity contribution in [3.8, 4) is 0 Å². The topological polar surface area (TPSA) is 341 Å². The molecule has 1 N–H and O–H groups in total. The maximum Gasteiger partial charge on any atom is 0.334 e. The van der Waals surface area contributed by atoms with E-state index in [2.05, 4.69) is 6.58 Å². The Hall–Kier alpha value is -2.52. The summed E-state index contributed by atoms with van der Waals surface area (Å²) in [6, 6.07) is 0. The number of carbonyl (C=O) groups excluding carboxylic acids is 1. The number of hydrogen-bond donors (Lipinski definition) is 1. The third-order valence-corrected chi connectivity index (χ3v) is 14.7. The minimum atomic E-state index is -1.14. The van der Waals surface area contributed by atoms with E-state index in [0.717, 1.165) is 51.4 Å². The van der Waals surface area contributed by atoms with Crippen molar-refractivity contribution < 1.29 is 162 Å². The van der Waals surface area contributed by atoms with Crippen molar-refractivity contribution in [2.24, 2.45) is 0 Å².